The number of carbonyl (C=O) groups is 1. The SMILES string of the molecule is COc1cccc(C2CC(C)=NC(C)=C2OC(=O)c2cccnc2)c1. The molecule has 5 nitrogen and oxygen atoms in total. The predicted molar refractivity (Wildman–Crippen MR) is 95.8 cm³/mol. The third-order valence-corrected chi connectivity index (χ3v) is 4.13. The van der Waals surface area contributed by atoms with Crippen LogP contribution in [0.4, 0.5) is 0 Å². The van der Waals surface area contributed by atoms with Gasteiger partial charge in [0, 0.05) is 24.0 Å². The summed E-state index contributed by atoms with van der Waals surface area (Å²) >= 11 is 0. The van der Waals surface area contributed by atoms with Gasteiger partial charge in [0.1, 0.15) is 11.5 Å². The first-order valence-corrected chi connectivity index (χ1v) is 8.09. The number of aromatic nitrogens is 1. The van der Waals surface area contributed by atoms with Gasteiger partial charge in [0.15, 0.2) is 0 Å². The molecule has 0 bridgehead atoms. The molecule has 1 unspecified atom stereocenters. The second kappa shape index (κ2) is 7.30. The number of nitrogens with zero attached hydrogens (tertiary/aromatic N) is 2. The van der Waals surface area contributed by atoms with E-state index < -0.39 is 5.97 Å². The second-order valence-corrected chi connectivity index (χ2v) is 5.96. The lowest BCUT2D eigenvalue weighted by molar-refractivity contribution is 0.0598. The molecule has 25 heavy (non-hydrogen) atoms. The highest BCUT2D eigenvalue weighted by molar-refractivity contribution is 5.90. The van der Waals surface area contributed by atoms with Gasteiger partial charge in [-0.25, -0.2) is 4.79 Å². The van der Waals surface area contributed by atoms with E-state index in [0.717, 1.165) is 17.0 Å². The smallest absolute Gasteiger partial charge is 0.344 e. The number of esters is 1. The fraction of sp³-hybridized carbons (Fsp3) is 0.250. The molecule has 5 heteroatoms. The van der Waals surface area contributed by atoms with E-state index in [-0.39, 0.29) is 5.92 Å². The zero-order valence-electron chi connectivity index (χ0n) is 14.5. The van der Waals surface area contributed by atoms with Crippen molar-refractivity contribution in [2.45, 2.75) is 26.2 Å². The quantitative estimate of drug-likeness (QED) is 0.788. The molecule has 0 amide bonds. The highest BCUT2D eigenvalue weighted by atomic mass is 16.5. The molecule has 0 aliphatic carbocycles. The Morgan fingerprint density at radius 3 is 2.76 bits per heavy atom. The Labute approximate surface area is 147 Å². The number of aliphatic imine (C=N–C) groups is 1. The van der Waals surface area contributed by atoms with E-state index in [1.807, 2.05) is 38.1 Å². The van der Waals surface area contributed by atoms with Crippen LogP contribution < -0.4 is 4.74 Å². The summed E-state index contributed by atoms with van der Waals surface area (Å²) in [6.45, 7) is 3.85. The third-order valence-electron chi connectivity index (χ3n) is 4.13. The average molecular weight is 336 g/mol. The van der Waals surface area contributed by atoms with Gasteiger partial charge in [-0.3, -0.25) is 9.98 Å². The zero-order chi connectivity index (χ0) is 17.8. The Bertz CT molecular complexity index is 841. The fourth-order valence-corrected chi connectivity index (χ4v) is 2.94. The van der Waals surface area contributed by atoms with E-state index >= 15 is 0 Å². The molecular weight excluding hydrogens is 316 g/mol. The number of hydrogen-bond donors (Lipinski definition) is 0. The number of ether oxygens (including phenoxy) is 2. The maximum atomic E-state index is 12.5. The molecule has 0 N–H and O–H groups in total. The summed E-state index contributed by atoms with van der Waals surface area (Å²) in [4.78, 5) is 20.9. The van der Waals surface area contributed by atoms with Gasteiger partial charge >= 0.3 is 5.97 Å². The lowest BCUT2D eigenvalue weighted by atomic mass is 9.89. The van der Waals surface area contributed by atoms with Crippen LogP contribution in [0.15, 0.2) is 65.2 Å². The Morgan fingerprint density at radius 1 is 1.20 bits per heavy atom. The van der Waals surface area contributed by atoms with Crippen LogP contribution in [0.25, 0.3) is 0 Å². The molecule has 0 saturated carbocycles. The van der Waals surface area contributed by atoms with Gasteiger partial charge in [-0.1, -0.05) is 12.1 Å². The van der Waals surface area contributed by atoms with Crippen LogP contribution in [-0.4, -0.2) is 23.8 Å². The monoisotopic (exact) mass is 336 g/mol. The summed E-state index contributed by atoms with van der Waals surface area (Å²) in [5.41, 5.74) is 3.17. The van der Waals surface area contributed by atoms with Gasteiger partial charge < -0.3 is 9.47 Å². The third kappa shape index (κ3) is 3.76. The Hall–Kier alpha value is -2.95. The van der Waals surface area contributed by atoms with E-state index in [4.69, 9.17) is 9.47 Å². The van der Waals surface area contributed by atoms with Crippen LogP contribution in [0.3, 0.4) is 0 Å². The second-order valence-electron chi connectivity index (χ2n) is 5.96. The molecule has 2 heterocycles. The largest absolute Gasteiger partial charge is 0.497 e. The van der Waals surface area contributed by atoms with E-state index in [0.29, 0.717) is 23.4 Å². The summed E-state index contributed by atoms with van der Waals surface area (Å²) in [6.07, 6.45) is 3.81. The molecule has 128 valence electrons. The standard InChI is InChI=1S/C20H20N2O3/c1-13-10-18(15-6-4-8-17(11-15)24-3)19(14(2)22-13)25-20(23)16-7-5-9-21-12-16/h4-9,11-12,18H,10H2,1-3H3. The number of allylic oxidation sites excluding steroid dienone is 2. The fourth-order valence-electron chi connectivity index (χ4n) is 2.94. The van der Waals surface area contributed by atoms with Crippen molar-refractivity contribution in [2.24, 2.45) is 4.99 Å². The van der Waals surface area contributed by atoms with Crippen LogP contribution in [0.1, 0.15) is 42.1 Å². The van der Waals surface area contributed by atoms with Crippen molar-refractivity contribution in [3.05, 3.63) is 71.4 Å². The van der Waals surface area contributed by atoms with E-state index in [1.54, 1.807) is 25.4 Å². The first-order chi connectivity index (χ1) is 12.1. The Balaban J connectivity index is 1.94. The number of pyridine rings is 1. The summed E-state index contributed by atoms with van der Waals surface area (Å²) in [5, 5.41) is 0. The molecule has 3 rings (SSSR count). The predicted octanol–water partition coefficient (Wildman–Crippen LogP) is 4.13. The van der Waals surface area contributed by atoms with Crippen LogP contribution in [0, 0.1) is 0 Å². The number of benzene rings is 1. The van der Waals surface area contributed by atoms with Crippen molar-refractivity contribution in [1.29, 1.82) is 0 Å². The van der Waals surface area contributed by atoms with Gasteiger partial charge in [-0.15, -0.1) is 0 Å². The van der Waals surface area contributed by atoms with Crippen molar-refractivity contribution in [3.8, 4) is 5.75 Å². The first kappa shape index (κ1) is 16.9. The van der Waals surface area contributed by atoms with Crippen LogP contribution in [0.2, 0.25) is 0 Å². The van der Waals surface area contributed by atoms with Crippen molar-refractivity contribution in [3.63, 3.8) is 0 Å². The van der Waals surface area contributed by atoms with Crippen molar-refractivity contribution >= 4 is 11.7 Å². The number of carbonyl (C=O) groups excluding carboxylic acids is 1. The lowest BCUT2D eigenvalue weighted by Crippen LogP contribution is -2.18. The van der Waals surface area contributed by atoms with Gasteiger partial charge in [0.2, 0.25) is 0 Å². The minimum atomic E-state index is -0.426. The highest BCUT2D eigenvalue weighted by Crippen LogP contribution is 2.36. The van der Waals surface area contributed by atoms with Gasteiger partial charge in [-0.2, -0.15) is 0 Å². The molecule has 0 radical (unpaired) electrons. The normalized spacial score (nSPS) is 17.1. The summed E-state index contributed by atoms with van der Waals surface area (Å²) in [6, 6.07) is 11.2. The molecule has 1 aliphatic rings. The Morgan fingerprint density at radius 2 is 2.04 bits per heavy atom. The van der Waals surface area contributed by atoms with Gasteiger partial charge in [0.25, 0.3) is 0 Å². The maximum Gasteiger partial charge on any atom is 0.344 e. The topological polar surface area (TPSA) is 60.8 Å². The molecule has 1 aromatic heterocycles. The molecule has 0 fully saturated rings. The lowest BCUT2D eigenvalue weighted by Gasteiger charge is -2.25. The zero-order valence-corrected chi connectivity index (χ0v) is 14.5. The van der Waals surface area contributed by atoms with Crippen molar-refractivity contribution in [2.75, 3.05) is 7.11 Å². The first-order valence-electron chi connectivity index (χ1n) is 8.09. The summed E-state index contributed by atoms with van der Waals surface area (Å²) < 4.78 is 11.1. The van der Waals surface area contributed by atoms with Gasteiger partial charge in [0.05, 0.1) is 18.4 Å². The van der Waals surface area contributed by atoms with E-state index in [2.05, 4.69) is 9.98 Å². The summed E-state index contributed by atoms with van der Waals surface area (Å²) in [7, 11) is 1.64. The highest BCUT2D eigenvalue weighted by Gasteiger charge is 2.28. The molecule has 1 aliphatic heterocycles. The molecule has 1 atom stereocenters. The molecule has 1 aromatic carbocycles. The maximum absolute atomic E-state index is 12.5. The van der Waals surface area contributed by atoms with E-state index in [1.165, 1.54) is 6.20 Å². The van der Waals surface area contributed by atoms with Crippen LogP contribution in [-0.2, 0) is 4.74 Å². The van der Waals surface area contributed by atoms with Crippen molar-refractivity contribution in [1.82, 2.24) is 4.98 Å². The van der Waals surface area contributed by atoms with E-state index in [9.17, 15) is 4.79 Å². The van der Waals surface area contributed by atoms with Crippen LogP contribution >= 0.6 is 0 Å². The molecule has 2 aromatic rings. The molecule has 0 saturated heterocycles. The minimum Gasteiger partial charge on any atom is -0.497 e. The minimum absolute atomic E-state index is 0.0757. The van der Waals surface area contributed by atoms with Crippen molar-refractivity contribution < 1.29 is 14.3 Å². The molecular formula is C20H20N2O3. The summed E-state index contributed by atoms with van der Waals surface area (Å²) in [5.74, 6) is 0.847. The number of hydrogen-bond acceptors (Lipinski definition) is 5. The molecule has 0 spiro atoms. The average Bonchev–Trinajstić information content (AvgIpc) is 2.64. The Kier molecular flexibility index (Phi) is 4.93. The van der Waals surface area contributed by atoms with Gasteiger partial charge in [-0.05, 0) is 50.1 Å². The van der Waals surface area contributed by atoms with Crippen LogP contribution in [0.5, 0.6) is 5.75 Å². The number of rotatable bonds is 4. The number of methoxy groups -OCH3 is 1.